The summed E-state index contributed by atoms with van der Waals surface area (Å²) in [6.45, 7) is 0. The predicted octanol–water partition coefficient (Wildman–Crippen LogP) is 2.75. The third-order valence-electron chi connectivity index (χ3n) is 4.53. The molecule has 0 amide bonds. The molecule has 31 heavy (non-hydrogen) atoms. The molecule has 1 heterocycles. The number of carboxylic acids is 1. The Morgan fingerprint density at radius 3 is 2.23 bits per heavy atom. The monoisotopic (exact) mass is 424 g/mol. The summed E-state index contributed by atoms with van der Waals surface area (Å²) in [6, 6.07) is 13.5. The van der Waals surface area contributed by atoms with Crippen LogP contribution in [0.5, 0.6) is 5.75 Å². The van der Waals surface area contributed by atoms with Gasteiger partial charge in [0.15, 0.2) is 5.69 Å². The minimum Gasteiger partial charge on any atom is -0.496 e. The highest BCUT2D eigenvalue weighted by Gasteiger charge is 2.32. The third kappa shape index (κ3) is 4.25. The van der Waals surface area contributed by atoms with Gasteiger partial charge in [-0.3, -0.25) is 4.79 Å². The van der Waals surface area contributed by atoms with Crippen LogP contribution in [-0.4, -0.2) is 54.1 Å². The van der Waals surface area contributed by atoms with E-state index < -0.39 is 17.9 Å². The largest absolute Gasteiger partial charge is 0.496 e. The van der Waals surface area contributed by atoms with Crippen molar-refractivity contribution in [2.75, 3.05) is 21.3 Å². The molecule has 160 valence electrons. The summed E-state index contributed by atoms with van der Waals surface area (Å²) in [6.07, 6.45) is -0.202. The zero-order valence-corrected chi connectivity index (χ0v) is 17.1. The van der Waals surface area contributed by atoms with Crippen molar-refractivity contribution in [2.45, 2.75) is 6.42 Å². The quantitative estimate of drug-likeness (QED) is 0.576. The molecule has 0 radical (unpaired) electrons. The molecule has 0 aliphatic heterocycles. The van der Waals surface area contributed by atoms with Crippen molar-refractivity contribution in [3.8, 4) is 22.7 Å². The Labute approximate surface area is 177 Å². The van der Waals surface area contributed by atoms with Gasteiger partial charge in [-0.2, -0.15) is 5.10 Å². The van der Waals surface area contributed by atoms with Gasteiger partial charge in [0.1, 0.15) is 17.0 Å². The minimum absolute atomic E-state index is 0.0949. The summed E-state index contributed by atoms with van der Waals surface area (Å²) in [7, 11) is 3.81. The number of ether oxygens (including phenoxy) is 3. The van der Waals surface area contributed by atoms with Gasteiger partial charge in [0.05, 0.1) is 33.4 Å². The van der Waals surface area contributed by atoms with Crippen LogP contribution >= 0.6 is 0 Å². The maximum absolute atomic E-state index is 12.7. The van der Waals surface area contributed by atoms with Gasteiger partial charge in [-0.05, 0) is 29.8 Å². The second-order valence-corrected chi connectivity index (χ2v) is 6.41. The summed E-state index contributed by atoms with van der Waals surface area (Å²) in [5.74, 6) is -2.26. The molecular weight excluding hydrogens is 404 g/mol. The van der Waals surface area contributed by atoms with Crippen LogP contribution in [0.4, 0.5) is 0 Å². The normalized spacial score (nSPS) is 10.4. The number of aromatic nitrogens is 2. The lowest BCUT2D eigenvalue weighted by molar-refractivity contribution is -0.136. The lowest BCUT2D eigenvalue weighted by Crippen LogP contribution is -2.15. The summed E-state index contributed by atoms with van der Waals surface area (Å²) in [5.41, 5.74) is 1.35. The zero-order valence-electron chi connectivity index (χ0n) is 17.1. The number of para-hydroxylation sites is 1. The first-order valence-corrected chi connectivity index (χ1v) is 9.15. The SMILES string of the molecule is COC(=O)c1c(-c2ccc(CC(=O)O)cc2OC)nn(-c2ccccc2)c1C(=O)OC. The van der Waals surface area contributed by atoms with Crippen molar-refractivity contribution in [3.05, 3.63) is 65.4 Å². The van der Waals surface area contributed by atoms with E-state index in [9.17, 15) is 14.4 Å². The summed E-state index contributed by atoms with van der Waals surface area (Å²) >= 11 is 0. The minimum atomic E-state index is -0.994. The number of nitrogens with zero attached hydrogens (tertiary/aromatic N) is 2. The topological polar surface area (TPSA) is 117 Å². The Morgan fingerprint density at radius 1 is 0.968 bits per heavy atom. The number of hydrogen-bond acceptors (Lipinski definition) is 7. The molecule has 1 N–H and O–H groups in total. The number of aliphatic carboxylic acids is 1. The molecule has 2 aromatic carbocycles. The average molecular weight is 424 g/mol. The van der Waals surface area contributed by atoms with E-state index in [0.29, 0.717) is 16.8 Å². The van der Waals surface area contributed by atoms with Crippen LogP contribution in [0.3, 0.4) is 0 Å². The Balaban J connectivity index is 2.32. The molecule has 0 fully saturated rings. The number of esters is 2. The average Bonchev–Trinajstić information content (AvgIpc) is 3.18. The van der Waals surface area contributed by atoms with Crippen molar-refractivity contribution in [1.29, 1.82) is 0 Å². The van der Waals surface area contributed by atoms with Gasteiger partial charge in [0.25, 0.3) is 0 Å². The fourth-order valence-corrected chi connectivity index (χ4v) is 3.16. The zero-order chi connectivity index (χ0) is 22.5. The lowest BCUT2D eigenvalue weighted by atomic mass is 10.0. The molecule has 0 aliphatic rings. The van der Waals surface area contributed by atoms with Crippen molar-refractivity contribution >= 4 is 17.9 Å². The smallest absolute Gasteiger partial charge is 0.357 e. The van der Waals surface area contributed by atoms with Crippen LogP contribution in [-0.2, 0) is 20.7 Å². The molecule has 3 aromatic rings. The van der Waals surface area contributed by atoms with E-state index in [-0.39, 0.29) is 29.1 Å². The van der Waals surface area contributed by atoms with Gasteiger partial charge < -0.3 is 19.3 Å². The van der Waals surface area contributed by atoms with Crippen molar-refractivity contribution < 1.29 is 33.7 Å². The molecule has 3 rings (SSSR count). The van der Waals surface area contributed by atoms with Crippen LogP contribution < -0.4 is 4.74 Å². The molecule has 0 bridgehead atoms. The molecule has 0 saturated carbocycles. The number of carbonyl (C=O) groups is 3. The van der Waals surface area contributed by atoms with Gasteiger partial charge in [0, 0.05) is 5.56 Å². The van der Waals surface area contributed by atoms with E-state index in [1.807, 2.05) is 0 Å². The maximum Gasteiger partial charge on any atom is 0.357 e. The Kier molecular flexibility index (Phi) is 6.35. The van der Waals surface area contributed by atoms with E-state index >= 15 is 0 Å². The van der Waals surface area contributed by atoms with E-state index in [1.165, 1.54) is 26.0 Å². The highest BCUT2D eigenvalue weighted by Crippen LogP contribution is 2.35. The Bertz CT molecular complexity index is 1140. The van der Waals surface area contributed by atoms with Crippen LogP contribution in [0.25, 0.3) is 16.9 Å². The second kappa shape index (κ2) is 9.12. The molecule has 9 nitrogen and oxygen atoms in total. The number of carbonyl (C=O) groups excluding carboxylic acids is 2. The highest BCUT2D eigenvalue weighted by atomic mass is 16.5. The van der Waals surface area contributed by atoms with E-state index in [4.69, 9.17) is 19.3 Å². The first-order chi connectivity index (χ1) is 14.9. The van der Waals surface area contributed by atoms with E-state index in [2.05, 4.69) is 5.10 Å². The predicted molar refractivity (Wildman–Crippen MR) is 110 cm³/mol. The number of methoxy groups -OCH3 is 3. The molecule has 0 unspecified atom stereocenters. The van der Waals surface area contributed by atoms with Crippen molar-refractivity contribution in [1.82, 2.24) is 9.78 Å². The first kappa shape index (κ1) is 21.6. The number of benzene rings is 2. The van der Waals surface area contributed by atoms with Crippen LogP contribution in [0.2, 0.25) is 0 Å². The molecule has 1 aromatic heterocycles. The molecule has 0 aliphatic carbocycles. The van der Waals surface area contributed by atoms with Crippen LogP contribution in [0.1, 0.15) is 26.4 Å². The Hall–Kier alpha value is -4.14. The number of rotatable bonds is 7. The van der Waals surface area contributed by atoms with Crippen molar-refractivity contribution in [3.63, 3.8) is 0 Å². The fraction of sp³-hybridized carbons (Fsp3) is 0.182. The van der Waals surface area contributed by atoms with Crippen LogP contribution in [0.15, 0.2) is 48.5 Å². The number of carboxylic acid groups (broad SMARTS) is 1. The van der Waals surface area contributed by atoms with Gasteiger partial charge in [-0.1, -0.05) is 24.3 Å². The van der Waals surface area contributed by atoms with Crippen molar-refractivity contribution in [2.24, 2.45) is 0 Å². The van der Waals surface area contributed by atoms with Gasteiger partial charge in [-0.25, -0.2) is 14.3 Å². The van der Waals surface area contributed by atoms with Gasteiger partial charge >= 0.3 is 17.9 Å². The lowest BCUT2D eigenvalue weighted by Gasteiger charge is -2.10. The standard InChI is InChI=1S/C22H20N2O7/c1-29-16-11-13(12-17(25)26)9-10-15(16)19-18(21(27)30-2)20(22(28)31-3)24(23-19)14-7-5-4-6-8-14/h4-11H,12H2,1-3H3,(H,25,26). The first-order valence-electron chi connectivity index (χ1n) is 9.15. The van der Waals surface area contributed by atoms with Gasteiger partial charge in [-0.15, -0.1) is 0 Å². The molecule has 0 atom stereocenters. The highest BCUT2D eigenvalue weighted by molar-refractivity contribution is 6.07. The van der Waals surface area contributed by atoms with E-state index in [1.54, 1.807) is 48.5 Å². The molecular formula is C22H20N2O7. The summed E-state index contributed by atoms with van der Waals surface area (Å²) in [4.78, 5) is 36.4. The molecule has 0 spiro atoms. The van der Waals surface area contributed by atoms with E-state index in [0.717, 1.165) is 0 Å². The Morgan fingerprint density at radius 2 is 1.65 bits per heavy atom. The summed E-state index contributed by atoms with van der Waals surface area (Å²) in [5, 5.41) is 13.6. The second-order valence-electron chi connectivity index (χ2n) is 6.41. The van der Waals surface area contributed by atoms with Crippen LogP contribution in [0, 0.1) is 0 Å². The molecule has 0 saturated heterocycles. The summed E-state index contributed by atoms with van der Waals surface area (Å²) < 4.78 is 16.5. The van der Waals surface area contributed by atoms with Gasteiger partial charge in [0.2, 0.25) is 0 Å². The molecule has 9 heteroatoms. The third-order valence-corrected chi connectivity index (χ3v) is 4.53. The number of hydrogen-bond donors (Lipinski definition) is 1. The fourth-order valence-electron chi connectivity index (χ4n) is 3.16. The maximum atomic E-state index is 12.7.